The Labute approximate surface area is 138 Å². The third-order valence-corrected chi connectivity index (χ3v) is 3.93. The average Bonchev–Trinajstić information content (AvgIpc) is 2.84. The minimum Gasteiger partial charge on any atom is -0.482 e. The molecule has 1 heterocycles. The molecule has 114 valence electrons. The molecule has 0 amide bonds. The molecule has 1 aromatic carbocycles. The minimum atomic E-state index is -0.431. The molecule has 1 aliphatic carbocycles. The van der Waals surface area contributed by atoms with Crippen LogP contribution < -0.4 is 10.5 Å². The number of nitrogens with zero attached hydrogens (tertiary/aromatic N) is 2. The summed E-state index contributed by atoms with van der Waals surface area (Å²) in [6.07, 6.45) is 2.86. The van der Waals surface area contributed by atoms with E-state index in [4.69, 9.17) is 38.2 Å². The van der Waals surface area contributed by atoms with Crippen LogP contribution in [0.25, 0.3) is 0 Å². The Bertz CT molecular complexity index is 629. The van der Waals surface area contributed by atoms with E-state index in [1.165, 1.54) is 0 Å². The van der Waals surface area contributed by atoms with Crippen LogP contribution in [0.2, 0.25) is 10.0 Å². The van der Waals surface area contributed by atoms with Crippen molar-refractivity contribution in [2.75, 3.05) is 0 Å². The normalized spacial score (nSPS) is 16.0. The first-order chi connectivity index (χ1) is 9.57. The summed E-state index contributed by atoms with van der Waals surface area (Å²) >= 11 is 11.8. The van der Waals surface area contributed by atoms with Crippen LogP contribution in [0.5, 0.6) is 5.75 Å². The van der Waals surface area contributed by atoms with Gasteiger partial charge in [-0.05, 0) is 37.5 Å². The van der Waals surface area contributed by atoms with Gasteiger partial charge >= 0.3 is 0 Å². The molecule has 0 saturated heterocycles. The Kier molecular flexibility index (Phi) is 4.99. The van der Waals surface area contributed by atoms with Crippen molar-refractivity contribution in [1.82, 2.24) is 10.1 Å². The molecule has 2 N–H and O–H groups in total. The van der Waals surface area contributed by atoms with E-state index in [0.29, 0.717) is 27.5 Å². The van der Waals surface area contributed by atoms with Crippen LogP contribution in [0.4, 0.5) is 0 Å². The van der Waals surface area contributed by atoms with Gasteiger partial charge in [0.1, 0.15) is 5.75 Å². The van der Waals surface area contributed by atoms with Gasteiger partial charge in [-0.15, -0.1) is 12.4 Å². The number of hydrogen-bond donors (Lipinski definition) is 1. The maximum Gasteiger partial charge on any atom is 0.264 e. The van der Waals surface area contributed by atoms with E-state index in [1.54, 1.807) is 18.2 Å². The van der Waals surface area contributed by atoms with Crippen molar-refractivity contribution >= 4 is 35.6 Å². The van der Waals surface area contributed by atoms with Crippen LogP contribution in [0, 0.1) is 0 Å². The van der Waals surface area contributed by atoms with E-state index in [-0.39, 0.29) is 19.0 Å². The molecule has 21 heavy (non-hydrogen) atoms. The summed E-state index contributed by atoms with van der Waals surface area (Å²) in [7, 11) is 0. The van der Waals surface area contributed by atoms with E-state index in [1.807, 2.05) is 0 Å². The summed E-state index contributed by atoms with van der Waals surface area (Å²) in [5, 5.41) is 4.90. The molecule has 1 aliphatic rings. The van der Waals surface area contributed by atoms with Crippen LogP contribution in [-0.4, -0.2) is 10.1 Å². The van der Waals surface area contributed by atoms with Crippen LogP contribution in [-0.2, 0) is 12.1 Å². The molecule has 0 spiro atoms. The maximum atomic E-state index is 6.12. The predicted molar refractivity (Wildman–Crippen MR) is 82.1 cm³/mol. The summed E-state index contributed by atoms with van der Waals surface area (Å²) in [6, 6.07) is 5.00. The monoisotopic (exact) mass is 349 g/mol. The summed E-state index contributed by atoms with van der Waals surface area (Å²) in [5.41, 5.74) is 5.69. The van der Waals surface area contributed by atoms with Crippen molar-refractivity contribution in [1.29, 1.82) is 0 Å². The largest absolute Gasteiger partial charge is 0.482 e. The molecule has 2 aromatic rings. The number of halogens is 3. The highest BCUT2D eigenvalue weighted by Crippen LogP contribution is 2.37. The zero-order valence-electron chi connectivity index (χ0n) is 11.0. The molecule has 5 nitrogen and oxygen atoms in total. The smallest absolute Gasteiger partial charge is 0.264 e. The number of rotatable bonds is 4. The topological polar surface area (TPSA) is 74.2 Å². The van der Waals surface area contributed by atoms with E-state index in [9.17, 15) is 0 Å². The second-order valence-corrected chi connectivity index (χ2v) is 5.73. The van der Waals surface area contributed by atoms with Crippen molar-refractivity contribution in [2.24, 2.45) is 5.73 Å². The predicted octanol–water partition coefficient (Wildman–Crippen LogP) is 3.72. The first-order valence-corrected chi connectivity index (χ1v) is 7.02. The van der Waals surface area contributed by atoms with Gasteiger partial charge in [-0.2, -0.15) is 4.98 Å². The zero-order chi connectivity index (χ0) is 14.2. The van der Waals surface area contributed by atoms with Crippen LogP contribution >= 0.6 is 35.6 Å². The Hall–Kier alpha value is -1.01. The molecule has 0 unspecified atom stereocenters. The van der Waals surface area contributed by atoms with Gasteiger partial charge in [-0.1, -0.05) is 28.4 Å². The van der Waals surface area contributed by atoms with Gasteiger partial charge in [0.15, 0.2) is 12.4 Å². The van der Waals surface area contributed by atoms with Gasteiger partial charge in [-0.25, -0.2) is 0 Å². The van der Waals surface area contributed by atoms with Crippen LogP contribution in [0.15, 0.2) is 22.7 Å². The van der Waals surface area contributed by atoms with Crippen molar-refractivity contribution in [3.05, 3.63) is 40.0 Å². The molecular weight excluding hydrogens is 337 g/mol. The van der Waals surface area contributed by atoms with Gasteiger partial charge < -0.3 is 15.0 Å². The Balaban J connectivity index is 0.00000161. The second kappa shape index (κ2) is 6.40. The zero-order valence-corrected chi connectivity index (χ0v) is 13.3. The standard InChI is InChI=1S/C13H13Cl2N3O2.ClH/c14-8-2-3-10(9(15)6-8)19-7-11-17-12(18-20-11)13(16)4-1-5-13;/h2-3,6H,1,4-5,7,16H2;1H. The second-order valence-electron chi connectivity index (χ2n) is 4.88. The van der Waals surface area contributed by atoms with Crippen LogP contribution in [0.3, 0.4) is 0 Å². The van der Waals surface area contributed by atoms with Crippen molar-refractivity contribution in [3.8, 4) is 5.75 Å². The lowest BCUT2D eigenvalue weighted by atomic mass is 9.77. The van der Waals surface area contributed by atoms with Gasteiger partial charge in [0, 0.05) is 5.02 Å². The summed E-state index contributed by atoms with van der Waals surface area (Å²) in [4.78, 5) is 4.27. The van der Waals surface area contributed by atoms with Gasteiger partial charge in [0.2, 0.25) is 0 Å². The van der Waals surface area contributed by atoms with E-state index < -0.39 is 5.54 Å². The third kappa shape index (κ3) is 3.43. The van der Waals surface area contributed by atoms with Crippen molar-refractivity contribution < 1.29 is 9.26 Å². The number of hydrogen-bond acceptors (Lipinski definition) is 5. The number of aromatic nitrogens is 2. The van der Waals surface area contributed by atoms with Crippen molar-refractivity contribution in [3.63, 3.8) is 0 Å². The molecule has 3 rings (SSSR count). The molecule has 1 aromatic heterocycles. The number of ether oxygens (including phenoxy) is 1. The third-order valence-electron chi connectivity index (χ3n) is 3.40. The summed E-state index contributed by atoms with van der Waals surface area (Å²) < 4.78 is 10.7. The fraction of sp³-hybridized carbons (Fsp3) is 0.385. The lowest BCUT2D eigenvalue weighted by Gasteiger charge is -2.34. The Morgan fingerprint density at radius 3 is 2.71 bits per heavy atom. The highest BCUT2D eigenvalue weighted by Gasteiger charge is 2.38. The number of nitrogens with two attached hydrogens (primary N) is 1. The quantitative estimate of drug-likeness (QED) is 0.909. The average molecular weight is 351 g/mol. The Morgan fingerprint density at radius 2 is 2.10 bits per heavy atom. The maximum absolute atomic E-state index is 6.12. The van der Waals surface area contributed by atoms with Crippen LogP contribution in [0.1, 0.15) is 31.0 Å². The van der Waals surface area contributed by atoms with E-state index in [0.717, 1.165) is 19.3 Å². The molecule has 8 heteroatoms. The molecule has 1 saturated carbocycles. The lowest BCUT2D eigenvalue weighted by Crippen LogP contribution is -2.44. The minimum absolute atomic E-state index is 0. The molecule has 0 bridgehead atoms. The highest BCUT2D eigenvalue weighted by molar-refractivity contribution is 6.35. The fourth-order valence-electron chi connectivity index (χ4n) is 2.03. The lowest BCUT2D eigenvalue weighted by molar-refractivity contribution is 0.223. The highest BCUT2D eigenvalue weighted by atomic mass is 35.5. The summed E-state index contributed by atoms with van der Waals surface area (Å²) in [5.74, 6) is 1.44. The van der Waals surface area contributed by atoms with Crippen molar-refractivity contribution in [2.45, 2.75) is 31.4 Å². The molecular formula is C13H14Cl3N3O2. The molecule has 0 aliphatic heterocycles. The van der Waals surface area contributed by atoms with E-state index >= 15 is 0 Å². The van der Waals surface area contributed by atoms with Gasteiger partial charge in [-0.3, -0.25) is 0 Å². The molecule has 0 atom stereocenters. The molecule has 1 fully saturated rings. The molecule has 0 radical (unpaired) electrons. The van der Waals surface area contributed by atoms with Gasteiger partial charge in [0.25, 0.3) is 5.89 Å². The Morgan fingerprint density at radius 1 is 1.33 bits per heavy atom. The first-order valence-electron chi connectivity index (χ1n) is 6.27. The number of benzene rings is 1. The first kappa shape index (κ1) is 16.4. The SMILES string of the molecule is Cl.NC1(c2noc(COc3ccc(Cl)cc3Cl)n2)CCC1. The van der Waals surface area contributed by atoms with Gasteiger partial charge in [0.05, 0.1) is 10.6 Å². The fourth-order valence-corrected chi connectivity index (χ4v) is 2.49. The van der Waals surface area contributed by atoms with E-state index in [2.05, 4.69) is 10.1 Å². The summed E-state index contributed by atoms with van der Waals surface area (Å²) in [6.45, 7) is 0.143.